The molecule has 2 aromatic rings. The molecule has 1 aromatic carbocycles. The van der Waals surface area contributed by atoms with Gasteiger partial charge in [-0.15, -0.1) is 0 Å². The molecule has 2 saturated heterocycles. The first-order valence-electron chi connectivity index (χ1n) is 9.45. The van der Waals surface area contributed by atoms with Crippen molar-refractivity contribution in [3.8, 4) is 0 Å². The summed E-state index contributed by atoms with van der Waals surface area (Å²) in [6, 6.07) is 5.92. The average molecular weight is 374 g/mol. The van der Waals surface area contributed by atoms with Crippen molar-refractivity contribution in [2.45, 2.75) is 32.7 Å². The van der Waals surface area contributed by atoms with E-state index < -0.39 is 11.6 Å². The van der Waals surface area contributed by atoms with Gasteiger partial charge in [-0.1, -0.05) is 6.07 Å². The summed E-state index contributed by atoms with van der Waals surface area (Å²) in [5.74, 6) is -1.22. The molecule has 0 aliphatic carbocycles. The third kappa shape index (κ3) is 3.63. The van der Waals surface area contributed by atoms with Gasteiger partial charge < -0.3 is 9.32 Å². The van der Waals surface area contributed by atoms with E-state index in [-0.39, 0.29) is 11.3 Å². The Balaban J connectivity index is 1.42. The molecule has 3 heterocycles. The number of hydrogen-bond acceptors (Lipinski definition) is 3. The Hall–Kier alpha value is -2.21. The molecule has 0 N–H and O–H groups in total. The highest BCUT2D eigenvalue weighted by atomic mass is 19.2. The molecule has 4 rings (SSSR count). The smallest absolute Gasteiger partial charge is 0.289 e. The molecule has 6 heteroatoms. The minimum atomic E-state index is -0.813. The van der Waals surface area contributed by atoms with Crippen molar-refractivity contribution < 1.29 is 18.0 Å². The van der Waals surface area contributed by atoms with Gasteiger partial charge in [-0.3, -0.25) is 9.69 Å². The van der Waals surface area contributed by atoms with Crippen LogP contribution in [0.4, 0.5) is 8.78 Å². The van der Waals surface area contributed by atoms with E-state index in [0.717, 1.165) is 56.6 Å². The van der Waals surface area contributed by atoms with Gasteiger partial charge in [0.25, 0.3) is 5.91 Å². The molecular formula is C21H24F2N2O2. The summed E-state index contributed by atoms with van der Waals surface area (Å²) in [5, 5.41) is 0. The van der Waals surface area contributed by atoms with Gasteiger partial charge in [0.15, 0.2) is 17.4 Å². The van der Waals surface area contributed by atoms with Gasteiger partial charge in [-0.25, -0.2) is 8.78 Å². The van der Waals surface area contributed by atoms with Crippen molar-refractivity contribution in [3.05, 3.63) is 59.1 Å². The molecule has 27 heavy (non-hydrogen) atoms. The second-order valence-corrected chi connectivity index (χ2v) is 7.97. The van der Waals surface area contributed by atoms with E-state index in [1.807, 2.05) is 17.9 Å². The fraction of sp³-hybridized carbons (Fsp3) is 0.476. The highest BCUT2D eigenvalue weighted by molar-refractivity contribution is 5.93. The molecule has 2 aliphatic heterocycles. The van der Waals surface area contributed by atoms with E-state index in [2.05, 4.69) is 4.90 Å². The van der Waals surface area contributed by atoms with Crippen molar-refractivity contribution >= 4 is 5.91 Å². The molecule has 1 aromatic heterocycles. The number of aryl methyl sites for hydroxylation is 1. The topological polar surface area (TPSA) is 36.7 Å². The molecule has 144 valence electrons. The maximum absolute atomic E-state index is 13.5. The summed E-state index contributed by atoms with van der Waals surface area (Å²) in [6.07, 6.45) is 4.65. The zero-order chi connectivity index (χ0) is 19.0. The second kappa shape index (κ2) is 7.08. The number of halogens is 2. The van der Waals surface area contributed by atoms with Crippen LogP contribution in [0.5, 0.6) is 0 Å². The molecule has 2 fully saturated rings. The fourth-order valence-corrected chi connectivity index (χ4v) is 4.52. The first-order valence-corrected chi connectivity index (χ1v) is 9.45. The number of amides is 1. The number of furan rings is 1. The van der Waals surface area contributed by atoms with Crippen molar-refractivity contribution in [1.29, 1.82) is 0 Å². The summed E-state index contributed by atoms with van der Waals surface area (Å²) in [7, 11) is 0. The third-order valence-electron chi connectivity index (χ3n) is 5.91. The third-order valence-corrected chi connectivity index (χ3v) is 5.91. The van der Waals surface area contributed by atoms with Crippen LogP contribution >= 0.6 is 0 Å². The molecule has 0 unspecified atom stereocenters. The van der Waals surface area contributed by atoms with Crippen LogP contribution in [0, 0.1) is 24.0 Å². The largest absolute Gasteiger partial charge is 0.459 e. The van der Waals surface area contributed by atoms with Crippen LogP contribution in [0.25, 0.3) is 0 Å². The molecule has 1 atom stereocenters. The Morgan fingerprint density at radius 1 is 1.15 bits per heavy atom. The van der Waals surface area contributed by atoms with Crippen LogP contribution in [0.2, 0.25) is 0 Å². The molecule has 0 radical (unpaired) electrons. The van der Waals surface area contributed by atoms with E-state index >= 15 is 0 Å². The van der Waals surface area contributed by atoms with Gasteiger partial charge in [-0.05, 0) is 56.5 Å². The molecule has 1 spiro atoms. The Bertz CT molecular complexity index is 850. The fourth-order valence-electron chi connectivity index (χ4n) is 4.52. The van der Waals surface area contributed by atoms with Crippen molar-refractivity contribution in [3.63, 3.8) is 0 Å². The minimum absolute atomic E-state index is 0.0351. The van der Waals surface area contributed by atoms with Crippen molar-refractivity contribution in [2.24, 2.45) is 5.41 Å². The minimum Gasteiger partial charge on any atom is -0.459 e. The summed E-state index contributed by atoms with van der Waals surface area (Å²) in [5.41, 5.74) is 1.72. The zero-order valence-corrected chi connectivity index (χ0v) is 15.5. The molecule has 2 aliphatic rings. The molecule has 1 amide bonds. The van der Waals surface area contributed by atoms with Gasteiger partial charge in [0.05, 0.1) is 6.26 Å². The Morgan fingerprint density at radius 2 is 2.00 bits per heavy atom. The van der Waals surface area contributed by atoms with Gasteiger partial charge >= 0.3 is 0 Å². The van der Waals surface area contributed by atoms with E-state index in [0.29, 0.717) is 12.3 Å². The van der Waals surface area contributed by atoms with Crippen LogP contribution in [0.15, 0.2) is 34.9 Å². The lowest BCUT2D eigenvalue weighted by Crippen LogP contribution is -2.45. The van der Waals surface area contributed by atoms with Crippen LogP contribution in [0.3, 0.4) is 0 Å². The molecule has 0 saturated carbocycles. The molecule has 0 bridgehead atoms. The standard InChI is InChI=1S/C21H24F2N2O2/c1-15-5-10-27-19(15)20(26)25-9-7-21(14-25)6-2-8-24(13-21)12-16-3-4-17(22)18(23)11-16/h3-5,10-11H,2,6-9,12-14H2,1H3/t21-/m1/s1. The van der Waals surface area contributed by atoms with Gasteiger partial charge in [0, 0.05) is 37.2 Å². The Labute approximate surface area is 157 Å². The molecular weight excluding hydrogens is 350 g/mol. The predicted octanol–water partition coefficient (Wildman–Crippen LogP) is 3.99. The number of carbonyl (C=O) groups is 1. The monoisotopic (exact) mass is 374 g/mol. The number of rotatable bonds is 3. The summed E-state index contributed by atoms with van der Waals surface area (Å²) >= 11 is 0. The van der Waals surface area contributed by atoms with Crippen molar-refractivity contribution in [1.82, 2.24) is 9.80 Å². The Morgan fingerprint density at radius 3 is 2.74 bits per heavy atom. The number of likely N-dealkylation sites (tertiary alicyclic amines) is 2. The summed E-state index contributed by atoms with van der Waals surface area (Å²) in [6.45, 7) is 5.74. The number of carbonyl (C=O) groups excluding carboxylic acids is 1. The lowest BCUT2D eigenvalue weighted by atomic mass is 9.79. The predicted molar refractivity (Wildman–Crippen MR) is 97.3 cm³/mol. The highest BCUT2D eigenvalue weighted by Gasteiger charge is 2.43. The average Bonchev–Trinajstić information content (AvgIpc) is 3.24. The van der Waals surface area contributed by atoms with Crippen molar-refractivity contribution in [2.75, 3.05) is 26.2 Å². The first-order chi connectivity index (χ1) is 13.0. The lowest BCUT2D eigenvalue weighted by molar-refractivity contribution is 0.0650. The van der Waals surface area contributed by atoms with E-state index in [1.165, 1.54) is 12.1 Å². The van der Waals surface area contributed by atoms with Crippen LogP contribution < -0.4 is 0 Å². The highest BCUT2D eigenvalue weighted by Crippen LogP contribution is 2.40. The first kappa shape index (κ1) is 18.2. The second-order valence-electron chi connectivity index (χ2n) is 7.97. The summed E-state index contributed by atoms with van der Waals surface area (Å²) < 4.78 is 32.0. The van der Waals surface area contributed by atoms with Gasteiger partial charge in [-0.2, -0.15) is 0 Å². The van der Waals surface area contributed by atoms with E-state index in [1.54, 1.807) is 12.3 Å². The SMILES string of the molecule is Cc1ccoc1C(=O)N1CC[C@@]2(CCCN(Cc3ccc(F)c(F)c3)C2)C1. The number of benzene rings is 1. The van der Waals surface area contributed by atoms with Crippen LogP contribution in [0.1, 0.15) is 40.9 Å². The summed E-state index contributed by atoms with van der Waals surface area (Å²) in [4.78, 5) is 16.9. The van der Waals surface area contributed by atoms with E-state index in [9.17, 15) is 13.6 Å². The maximum Gasteiger partial charge on any atom is 0.289 e. The Kier molecular flexibility index (Phi) is 4.76. The normalized spacial score (nSPS) is 23.3. The number of piperidine rings is 1. The molecule has 4 nitrogen and oxygen atoms in total. The maximum atomic E-state index is 13.5. The van der Waals surface area contributed by atoms with Gasteiger partial charge in [0.1, 0.15) is 0 Å². The quantitative estimate of drug-likeness (QED) is 0.815. The number of nitrogens with zero attached hydrogens (tertiary/aromatic N) is 2. The van der Waals surface area contributed by atoms with E-state index in [4.69, 9.17) is 4.42 Å². The van der Waals surface area contributed by atoms with Crippen LogP contribution in [-0.2, 0) is 6.54 Å². The number of hydrogen-bond donors (Lipinski definition) is 0. The van der Waals surface area contributed by atoms with Gasteiger partial charge in [0.2, 0.25) is 0 Å². The lowest BCUT2D eigenvalue weighted by Gasteiger charge is -2.40. The zero-order valence-electron chi connectivity index (χ0n) is 15.5. The van der Waals surface area contributed by atoms with Crippen LogP contribution in [-0.4, -0.2) is 41.9 Å².